The Balaban J connectivity index is 0.000000222. The first-order valence-electron chi connectivity index (χ1n) is 22.0. The number of hydrogen-bond acceptors (Lipinski definition) is 17. The van der Waals surface area contributed by atoms with E-state index in [1.165, 1.54) is 16.9 Å². The van der Waals surface area contributed by atoms with Gasteiger partial charge in [0.1, 0.15) is 22.5 Å². The zero-order chi connectivity index (χ0) is 46.4. The molecule has 0 saturated carbocycles. The second kappa shape index (κ2) is 19.6. The third-order valence-electron chi connectivity index (χ3n) is 11.9. The Morgan fingerprint density at radius 1 is 0.821 bits per heavy atom. The lowest BCUT2D eigenvalue weighted by Gasteiger charge is -2.30. The molecule has 9 heterocycles. The van der Waals surface area contributed by atoms with Gasteiger partial charge in [-0.3, -0.25) is 19.9 Å². The summed E-state index contributed by atoms with van der Waals surface area (Å²) < 4.78 is 16.8. The summed E-state index contributed by atoms with van der Waals surface area (Å²) in [7, 11) is 0. The molecule has 7 aromatic heterocycles. The average molecular weight is 916 g/mol. The zero-order valence-electron chi connectivity index (χ0n) is 37.5. The molecule has 1 aromatic carbocycles. The van der Waals surface area contributed by atoms with Gasteiger partial charge in [-0.25, -0.2) is 9.97 Å². The van der Waals surface area contributed by atoms with E-state index in [1.807, 2.05) is 75.5 Å². The van der Waals surface area contributed by atoms with Crippen molar-refractivity contribution in [3.05, 3.63) is 125 Å². The lowest BCUT2D eigenvalue weighted by molar-refractivity contribution is -0.0307. The van der Waals surface area contributed by atoms with Gasteiger partial charge < -0.3 is 24.3 Å². The summed E-state index contributed by atoms with van der Waals surface area (Å²) in [6.45, 7) is 12.6. The van der Waals surface area contributed by atoms with Crippen LogP contribution in [0.5, 0.6) is 0 Å². The SMILES string of the molecule is Cc1ncc(-c2ccnc(C(C)(C)C#N)c2)nc1-c1cc(-c2ccc(CNCC3COC3)cc2)no1.Cc1ncc(-c2ccnc(C3(C#N)CCNCC3)c2)nc1-c1nnc(-c2cccs2)o1.[HH].[HH].[HH]. The van der Waals surface area contributed by atoms with E-state index in [2.05, 4.69) is 82.3 Å². The van der Waals surface area contributed by atoms with Gasteiger partial charge in [0.25, 0.3) is 11.8 Å². The first kappa shape index (κ1) is 44.8. The zero-order valence-corrected chi connectivity index (χ0v) is 38.3. The number of thiophene rings is 1. The molecule has 10 rings (SSSR count). The molecule has 2 saturated heterocycles. The molecule has 2 aliphatic rings. The Morgan fingerprint density at radius 3 is 2.21 bits per heavy atom. The number of ether oxygens (including phenoxy) is 1. The molecule has 2 N–H and O–H groups in total. The highest BCUT2D eigenvalue weighted by Gasteiger charge is 2.36. The molecule has 0 amide bonds. The second-order valence-electron chi connectivity index (χ2n) is 17.1. The molecule has 0 bridgehead atoms. The molecule has 0 atom stereocenters. The standard InChI is InChI=1S/C28H28N6O2.C22H19N7OS.3H2/c1-18-27(33-24(14-32-18)22-8-9-31-26(10-22)28(2,3)17-29)25-11-23(34-36-25)21-6-4-19(5-7-21)12-30-13-20-15-35-16-20;1-14-19(21-29-28-20(30-21)17-3-2-10-31-17)27-16(12-26-14)15-4-7-25-18(11-15)22(13-23)5-8-24-9-6-22;;;/h4-11,14,20,30H,12-13,15-16H2,1-3H3;2-4,7,10-12,24H,5-6,8-9H2,1H3;3*1H. The molecule has 342 valence electrons. The van der Waals surface area contributed by atoms with Crippen molar-refractivity contribution in [2.45, 2.75) is 57.9 Å². The molecule has 0 aliphatic carbocycles. The van der Waals surface area contributed by atoms with Crippen LogP contribution < -0.4 is 10.6 Å². The molecule has 0 unspecified atom stereocenters. The van der Waals surface area contributed by atoms with Crippen LogP contribution in [0.2, 0.25) is 0 Å². The minimum atomic E-state index is -0.700. The van der Waals surface area contributed by atoms with Gasteiger partial charge in [0, 0.05) is 58.4 Å². The van der Waals surface area contributed by atoms with Crippen molar-refractivity contribution >= 4 is 11.3 Å². The van der Waals surface area contributed by atoms with E-state index in [-0.39, 0.29) is 4.28 Å². The lowest BCUT2D eigenvalue weighted by Crippen LogP contribution is -2.39. The van der Waals surface area contributed by atoms with Gasteiger partial charge >= 0.3 is 0 Å². The Kier molecular flexibility index (Phi) is 13.1. The van der Waals surface area contributed by atoms with Crippen molar-refractivity contribution in [2.24, 2.45) is 5.92 Å². The minimum absolute atomic E-state index is 0. The van der Waals surface area contributed by atoms with Crippen LogP contribution in [0.1, 0.15) is 59.3 Å². The Morgan fingerprint density at radius 2 is 1.52 bits per heavy atom. The first-order valence-corrected chi connectivity index (χ1v) is 22.9. The third-order valence-corrected chi connectivity index (χ3v) is 12.8. The molecular formula is C50H53N13O3S. The third kappa shape index (κ3) is 9.91. The maximum atomic E-state index is 9.89. The van der Waals surface area contributed by atoms with E-state index in [9.17, 15) is 10.5 Å². The molecule has 8 aromatic rings. The monoisotopic (exact) mass is 915 g/mol. The van der Waals surface area contributed by atoms with Crippen molar-refractivity contribution in [2.75, 3.05) is 32.8 Å². The summed E-state index contributed by atoms with van der Waals surface area (Å²) >= 11 is 1.54. The summed E-state index contributed by atoms with van der Waals surface area (Å²) in [5.74, 6) is 1.98. The first-order chi connectivity index (χ1) is 32.6. The predicted octanol–water partition coefficient (Wildman–Crippen LogP) is 9.21. The number of piperidine rings is 1. The number of nitrogens with one attached hydrogen (secondary N) is 2. The molecule has 0 spiro atoms. The van der Waals surface area contributed by atoms with Crippen LogP contribution in [0.25, 0.3) is 67.6 Å². The highest BCUT2D eigenvalue weighted by molar-refractivity contribution is 7.13. The Labute approximate surface area is 396 Å². The predicted molar refractivity (Wildman–Crippen MR) is 258 cm³/mol. The van der Waals surface area contributed by atoms with E-state index in [0.29, 0.717) is 57.6 Å². The van der Waals surface area contributed by atoms with Crippen molar-refractivity contribution < 1.29 is 18.0 Å². The maximum Gasteiger partial charge on any atom is 0.268 e. The van der Waals surface area contributed by atoms with E-state index in [4.69, 9.17) is 23.6 Å². The van der Waals surface area contributed by atoms with Gasteiger partial charge in [-0.2, -0.15) is 10.5 Å². The number of pyridine rings is 2. The van der Waals surface area contributed by atoms with Gasteiger partial charge in [-0.05, 0) is 94.9 Å². The minimum Gasteiger partial charge on any atom is -0.414 e. The van der Waals surface area contributed by atoms with Crippen LogP contribution >= 0.6 is 11.3 Å². The quantitative estimate of drug-likeness (QED) is 0.116. The Bertz CT molecular complexity index is 3090. The lowest BCUT2D eigenvalue weighted by atomic mass is 9.77. The summed E-state index contributed by atoms with van der Waals surface area (Å²) in [6.07, 6.45) is 8.33. The number of aromatic nitrogens is 9. The number of nitrogens with zero attached hydrogens (tertiary/aromatic N) is 11. The Hall–Kier alpha value is -7.41. The number of nitriles is 2. The maximum absolute atomic E-state index is 9.89. The number of rotatable bonds is 12. The fourth-order valence-electron chi connectivity index (χ4n) is 7.69. The molecule has 17 heteroatoms. The fraction of sp³-hybridized carbons (Fsp3) is 0.300. The van der Waals surface area contributed by atoms with Gasteiger partial charge in [-0.15, -0.1) is 21.5 Å². The van der Waals surface area contributed by atoms with Crippen molar-refractivity contribution in [1.82, 2.24) is 55.9 Å². The topological polar surface area (TPSA) is 223 Å². The number of hydrogen-bond donors (Lipinski definition) is 2. The largest absolute Gasteiger partial charge is 0.414 e. The van der Waals surface area contributed by atoms with Crippen molar-refractivity contribution in [3.8, 4) is 79.7 Å². The summed E-state index contributed by atoms with van der Waals surface area (Å²) in [6, 6.07) is 26.4. The normalized spacial score (nSPS) is 14.6. The summed E-state index contributed by atoms with van der Waals surface area (Å²) in [4.78, 5) is 28.4. The molecule has 2 fully saturated rings. The highest BCUT2D eigenvalue weighted by atomic mass is 32.1. The van der Waals surface area contributed by atoms with Gasteiger partial charge in [0.05, 0.1) is 82.2 Å². The van der Waals surface area contributed by atoms with Gasteiger partial charge in [0.2, 0.25) is 0 Å². The van der Waals surface area contributed by atoms with E-state index >= 15 is 0 Å². The van der Waals surface area contributed by atoms with E-state index in [0.717, 1.165) is 90.9 Å². The van der Waals surface area contributed by atoms with Crippen LogP contribution in [0.3, 0.4) is 0 Å². The average Bonchev–Trinajstić information content (AvgIpc) is 4.18. The summed E-state index contributed by atoms with van der Waals surface area (Å²) in [5.41, 5.74) is 8.76. The summed E-state index contributed by atoms with van der Waals surface area (Å²) in [5, 5.41) is 40.7. The van der Waals surface area contributed by atoms with Crippen molar-refractivity contribution in [1.29, 1.82) is 10.5 Å². The van der Waals surface area contributed by atoms with Gasteiger partial charge in [0.15, 0.2) is 5.76 Å². The van der Waals surface area contributed by atoms with Gasteiger partial charge in [-0.1, -0.05) is 35.5 Å². The van der Waals surface area contributed by atoms with Crippen LogP contribution in [0.4, 0.5) is 0 Å². The van der Waals surface area contributed by atoms with E-state index < -0.39 is 10.8 Å². The molecule has 16 nitrogen and oxygen atoms in total. The van der Waals surface area contributed by atoms with Crippen LogP contribution in [-0.2, 0) is 22.1 Å². The number of aryl methyl sites for hydroxylation is 2. The molecule has 67 heavy (non-hydrogen) atoms. The number of benzene rings is 1. The van der Waals surface area contributed by atoms with Crippen LogP contribution in [-0.4, -0.2) is 78.1 Å². The smallest absolute Gasteiger partial charge is 0.268 e. The molecule has 0 radical (unpaired) electrons. The molecule has 2 aliphatic heterocycles. The van der Waals surface area contributed by atoms with Crippen molar-refractivity contribution in [3.63, 3.8) is 0 Å². The molecular weight excluding hydrogens is 863 g/mol. The van der Waals surface area contributed by atoms with Crippen LogP contribution in [0, 0.1) is 42.4 Å². The van der Waals surface area contributed by atoms with Crippen LogP contribution in [0.15, 0.2) is 106 Å². The van der Waals surface area contributed by atoms with E-state index in [1.54, 1.807) is 24.8 Å². The highest BCUT2D eigenvalue weighted by Crippen LogP contribution is 2.35. The fourth-order valence-corrected chi connectivity index (χ4v) is 8.33. The second-order valence-corrected chi connectivity index (χ2v) is 18.1.